The highest BCUT2D eigenvalue weighted by molar-refractivity contribution is 5.68. The van der Waals surface area contributed by atoms with Crippen molar-refractivity contribution >= 4 is 5.97 Å². The van der Waals surface area contributed by atoms with Crippen molar-refractivity contribution in [2.45, 2.75) is 96.8 Å². The maximum atomic E-state index is 10.9. The van der Waals surface area contributed by atoms with Crippen molar-refractivity contribution in [1.82, 2.24) is 0 Å². The van der Waals surface area contributed by atoms with Crippen LogP contribution in [0, 0.1) is 20.2 Å². The molecule has 0 aliphatic heterocycles. The summed E-state index contributed by atoms with van der Waals surface area (Å²) in [5.74, 6) is -0.0763. The van der Waals surface area contributed by atoms with E-state index in [4.69, 9.17) is 30.6 Å². The first-order valence-electron chi connectivity index (χ1n) is 10.2. The largest absolute Gasteiger partial charge is 0.469 e. The fourth-order valence-corrected chi connectivity index (χ4v) is 2.44. The molecule has 0 radical (unpaired) electrons. The maximum absolute atomic E-state index is 10.9. The molecule has 0 aromatic rings. The van der Waals surface area contributed by atoms with Gasteiger partial charge in [0.1, 0.15) is 0 Å². The van der Waals surface area contributed by atoms with Gasteiger partial charge in [-0.05, 0) is 32.1 Å². The van der Waals surface area contributed by atoms with Crippen LogP contribution >= 0.6 is 0 Å². The summed E-state index contributed by atoms with van der Waals surface area (Å²) in [4.78, 5) is 27.6. The van der Waals surface area contributed by atoms with Crippen LogP contribution in [0.5, 0.6) is 0 Å². The molecule has 29 heavy (non-hydrogen) atoms. The number of unbranched alkanes of at least 4 members (excludes halogenated alkanes) is 11. The van der Waals surface area contributed by atoms with E-state index in [9.17, 15) is 4.79 Å². The second kappa shape index (κ2) is 27.8. The van der Waals surface area contributed by atoms with Crippen LogP contribution in [0.3, 0.4) is 0 Å². The second-order valence-electron chi connectivity index (χ2n) is 6.39. The van der Waals surface area contributed by atoms with Crippen LogP contribution < -0.4 is 0 Å². The molecule has 0 fully saturated rings. The Hall–Kier alpha value is -2.39. The van der Waals surface area contributed by atoms with Gasteiger partial charge in [-0.1, -0.05) is 70.4 Å². The number of hydrogen-bond donors (Lipinski definition) is 2. The molecule has 10 nitrogen and oxygen atoms in total. The van der Waals surface area contributed by atoms with Crippen molar-refractivity contribution in [3.8, 4) is 0 Å². The number of rotatable bonds is 15. The van der Waals surface area contributed by atoms with Crippen LogP contribution in [-0.2, 0) is 9.53 Å². The van der Waals surface area contributed by atoms with Gasteiger partial charge in [0.05, 0.1) is 7.11 Å². The minimum absolute atomic E-state index is 0.0763. The second-order valence-corrected chi connectivity index (χ2v) is 6.39. The number of ether oxygens (including phenoxy) is 1. The minimum Gasteiger partial charge on any atom is -0.469 e. The number of carbonyl (C=O) groups excluding carboxylic acids is 1. The van der Waals surface area contributed by atoms with Gasteiger partial charge < -0.3 is 15.2 Å². The van der Waals surface area contributed by atoms with Gasteiger partial charge in [-0.3, -0.25) is 4.79 Å². The lowest BCUT2D eigenvalue weighted by Crippen LogP contribution is -1.98. The monoisotopic (exact) mass is 422 g/mol. The summed E-state index contributed by atoms with van der Waals surface area (Å²) in [6, 6.07) is 0. The number of hydrogen-bond acceptors (Lipinski definition) is 6. The molecule has 0 saturated heterocycles. The van der Waals surface area contributed by atoms with E-state index >= 15 is 0 Å². The highest BCUT2D eigenvalue weighted by Gasteiger charge is 1.98. The van der Waals surface area contributed by atoms with Gasteiger partial charge in [-0.25, -0.2) is 0 Å². The van der Waals surface area contributed by atoms with Gasteiger partial charge in [0.25, 0.3) is 10.2 Å². The average molecular weight is 423 g/mol. The van der Waals surface area contributed by atoms with E-state index in [1.165, 1.54) is 77.7 Å². The number of allylic oxidation sites excluding steroid dienone is 2. The molecule has 0 aromatic heterocycles. The SMILES string of the molecule is CCCCCCCCC=CCCCCCCCC(=O)OC.O=[N+]([O-])O.O=[N+]([O-])O. The van der Waals surface area contributed by atoms with Gasteiger partial charge in [-0.15, -0.1) is 20.2 Å². The third-order valence-corrected chi connectivity index (χ3v) is 3.87. The van der Waals surface area contributed by atoms with E-state index < -0.39 is 10.2 Å². The zero-order chi connectivity index (χ0) is 22.8. The van der Waals surface area contributed by atoms with Crippen LogP contribution in [0.4, 0.5) is 0 Å². The number of nitrogens with zero attached hydrogens (tertiary/aromatic N) is 2. The summed E-state index contributed by atoms with van der Waals surface area (Å²) in [5.41, 5.74) is 0. The summed E-state index contributed by atoms with van der Waals surface area (Å²) in [6.45, 7) is 2.27. The Balaban J connectivity index is -0.000000712. The quantitative estimate of drug-likeness (QED) is 0.115. The Morgan fingerprint density at radius 3 is 1.52 bits per heavy atom. The van der Waals surface area contributed by atoms with E-state index in [-0.39, 0.29) is 5.97 Å². The van der Waals surface area contributed by atoms with Crippen LogP contribution in [0.15, 0.2) is 12.2 Å². The molecule has 0 heterocycles. The van der Waals surface area contributed by atoms with Crippen molar-refractivity contribution < 1.29 is 30.1 Å². The van der Waals surface area contributed by atoms with Crippen molar-refractivity contribution in [3.63, 3.8) is 0 Å². The lowest BCUT2D eigenvalue weighted by Gasteiger charge is -2.00. The van der Waals surface area contributed by atoms with Crippen molar-refractivity contribution in [2.24, 2.45) is 0 Å². The van der Waals surface area contributed by atoms with Gasteiger partial charge in [0.2, 0.25) is 0 Å². The molecule has 10 heteroatoms. The molecule has 0 atom stereocenters. The van der Waals surface area contributed by atoms with Gasteiger partial charge in [-0.2, -0.15) is 0 Å². The maximum Gasteiger partial charge on any atom is 0.305 e. The van der Waals surface area contributed by atoms with Crippen molar-refractivity contribution in [2.75, 3.05) is 7.11 Å². The predicted molar refractivity (Wildman–Crippen MR) is 109 cm³/mol. The third-order valence-electron chi connectivity index (χ3n) is 3.87. The lowest BCUT2D eigenvalue weighted by molar-refractivity contribution is -0.742. The summed E-state index contributed by atoms with van der Waals surface area (Å²) in [6.07, 6.45) is 22.0. The van der Waals surface area contributed by atoms with E-state index in [0.29, 0.717) is 6.42 Å². The molecule has 0 unspecified atom stereocenters. The fraction of sp³-hybridized carbons (Fsp3) is 0.842. The fourth-order valence-electron chi connectivity index (χ4n) is 2.44. The van der Waals surface area contributed by atoms with Crippen LogP contribution in [0.1, 0.15) is 96.8 Å². The van der Waals surface area contributed by atoms with Gasteiger partial charge in [0.15, 0.2) is 0 Å². The first-order valence-corrected chi connectivity index (χ1v) is 10.2. The smallest absolute Gasteiger partial charge is 0.305 e. The summed E-state index contributed by atoms with van der Waals surface area (Å²) in [5, 5.41) is 27.3. The molecule has 0 amide bonds. The topological polar surface area (TPSA) is 153 Å². The molecule has 0 aliphatic rings. The normalized spacial score (nSPS) is 9.72. The standard InChI is InChI=1S/C19H36O2.2HNO3/c1-3-4-5-6-7-8-9-10-11-12-13-14-15-16-17-18-19(20)21-2;2*2-1(3)4/h10-11H,3-9,12-18H2,1-2H3;2*(H,2,3,4). The highest BCUT2D eigenvalue weighted by atomic mass is 16.9. The van der Waals surface area contributed by atoms with Gasteiger partial charge in [0, 0.05) is 6.42 Å². The first kappa shape index (κ1) is 31.3. The summed E-state index contributed by atoms with van der Waals surface area (Å²) < 4.78 is 4.62. The Labute approximate surface area is 173 Å². The Morgan fingerprint density at radius 1 is 0.793 bits per heavy atom. The molecule has 0 saturated carbocycles. The molecule has 0 rings (SSSR count). The van der Waals surface area contributed by atoms with Crippen molar-refractivity contribution in [1.29, 1.82) is 0 Å². The Morgan fingerprint density at radius 2 is 1.14 bits per heavy atom. The molecular weight excluding hydrogens is 384 g/mol. The Kier molecular flexibility index (Phi) is 30.0. The molecule has 0 aromatic carbocycles. The molecule has 0 aliphatic carbocycles. The predicted octanol–water partition coefficient (Wildman–Crippen LogP) is 5.50. The molecule has 172 valence electrons. The molecule has 0 bridgehead atoms. The van der Waals surface area contributed by atoms with Crippen molar-refractivity contribution in [3.05, 3.63) is 32.4 Å². The van der Waals surface area contributed by atoms with E-state index in [2.05, 4.69) is 23.8 Å². The van der Waals surface area contributed by atoms with E-state index in [0.717, 1.165) is 12.8 Å². The average Bonchev–Trinajstić information content (AvgIpc) is 2.63. The third kappa shape index (κ3) is 51.7. The van der Waals surface area contributed by atoms with Gasteiger partial charge >= 0.3 is 5.97 Å². The molecule has 0 spiro atoms. The molecule has 2 N–H and O–H groups in total. The number of carbonyl (C=O) groups is 1. The lowest BCUT2D eigenvalue weighted by atomic mass is 10.1. The highest BCUT2D eigenvalue weighted by Crippen LogP contribution is 2.10. The van der Waals surface area contributed by atoms with E-state index in [1.54, 1.807) is 0 Å². The number of methoxy groups -OCH3 is 1. The minimum atomic E-state index is -1.50. The van der Waals surface area contributed by atoms with Crippen LogP contribution in [0.25, 0.3) is 0 Å². The first-order chi connectivity index (χ1) is 13.8. The van der Waals surface area contributed by atoms with Crippen LogP contribution in [0.2, 0.25) is 0 Å². The zero-order valence-electron chi connectivity index (χ0n) is 17.8. The van der Waals surface area contributed by atoms with E-state index in [1.807, 2.05) is 0 Å². The molecular formula is C19H38N2O8. The Bertz CT molecular complexity index is 397. The van der Waals surface area contributed by atoms with Crippen LogP contribution in [-0.4, -0.2) is 33.7 Å². The summed E-state index contributed by atoms with van der Waals surface area (Å²) >= 11 is 0. The zero-order valence-corrected chi connectivity index (χ0v) is 17.8. The summed E-state index contributed by atoms with van der Waals surface area (Å²) in [7, 11) is 1.46. The number of esters is 1.